The molecule has 0 aliphatic rings. The monoisotopic (exact) mass is 1070 g/mol. The van der Waals surface area contributed by atoms with Gasteiger partial charge in [-0.05, 0) is 82.8 Å². The van der Waals surface area contributed by atoms with E-state index in [0.29, 0.717) is 11.6 Å². The van der Waals surface area contributed by atoms with Crippen molar-refractivity contribution in [1.82, 2.24) is 24.5 Å². The van der Waals surface area contributed by atoms with Gasteiger partial charge in [-0.3, -0.25) is 9.97 Å². The summed E-state index contributed by atoms with van der Waals surface area (Å²) >= 11 is -1.85. The molecule has 0 aliphatic heterocycles. The Hall–Kier alpha value is -5.21. The third-order valence-electron chi connectivity index (χ3n) is 11.7. The fourth-order valence-electron chi connectivity index (χ4n) is 8.28. The van der Waals surface area contributed by atoms with E-state index in [1.54, 1.807) is 0 Å². The molecule has 0 unspecified atom stereocenters. The summed E-state index contributed by atoms with van der Waals surface area (Å²) in [6.45, 7) is 19.9. The predicted molar refractivity (Wildman–Crippen MR) is 261 cm³/mol. The van der Waals surface area contributed by atoms with Crippen LogP contribution in [0.5, 0.6) is 0 Å². The molecule has 323 valence electrons. The number of aromatic nitrogens is 5. The van der Waals surface area contributed by atoms with Crippen molar-refractivity contribution in [3.63, 3.8) is 0 Å². The maximum atomic E-state index is 6.21. The second-order valence-electron chi connectivity index (χ2n) is 19.2. The number of hydrogen-bond acceptors (Lipinski definition) is 5. The van der Waals surface area contributed by atoms with Gasteiger partial charge in [0, 0.05) is 36.9 Å². The van der Waals surface area contributed by atoms with Crippen LogP contribution < -0.4 is 4.40 Å². The number of benzene rings is 4. The molecule has 8 heteroatoms. The van der Waals surface area contributed by atoms with E-state index >= 15 is 0 Å². The van der Waals surface area contributed by atoms with Crippen LogP contribution in [-0.4, -0.2) is 37.8 Å². The van der Waals surface area contributed by atoms with E-state index in [2.05, 4.69) is 193 Å². The van der Waals surface area contributed by atoms with Crippen LogP contribution in [0.1, 0.15) is 88.2 Å². The Kier molecular flexibility index (Phi) is 13.2. The smallest absolute Gasteiger partial charge is 0.141 e. The van der Waals surface area contributed by atoms with Crippen LogP contribution in [0.25, 0.3) is 72.6 Å². The zero-order chi connectivity index (χ0) is 44.1. The van der Waals surface area contributed by atoms with Gasteiger partial charge in [-0.1, -0.05) is 88.7 Å². The topological polar surface area (TPSA) is 69.6 Å². The first-order valence-electron chi connectivity index (χ1n) is 21.8. The second-order valence-corrected chi connectivity index (χ2v) is 29.8. The minimum Gasteiger partial charge on any atom is -0.482 e. The number of imidazole rings is 1. The molecule has 63 heavy (non-hydrogen) atoms. The predicted octanol–water partition coefficient (Wildman–Crippen LogP) is 14.1. The third-order valence-corrected chi connectivity index (χ3v) is 16.0. The van der Waals surface area contributed by atoms with Gasteiger partial charge in [-0.15, -0.1) is 6.07 Å². The van der Waals surface area contributed by atoms with Gasteiger partial charge in [0.05, 0.1) is 23.1 Å². The molecule has 6 nitrogen and oxygen atoms in total. The number of fused-ring (bicyclic) bond motifs is 4. The number of aryl methyl sites for hydroxylation is 2. The van der Waals surface area contributed by atoms with Crippen LogP contribution in [-0.2, 0) is 25.5 Å². The van der Waals surface area contributed by atoms with Crippen molar-refractivity contribution in [3.8, 4) is 39.5 Å². The Morgan fingerprint density at radius 3 is 2.13 bits per heavy atom. The largest absolute Gasteiger partial charge is 0.482 e. The van der Waals surface area contributed by atoms with E-state index in [9.17, 15) is 0 Å². The zero-order valence-corrected chi connectivity index (χ0v) is 43.1. The summed E-state index contributed by atoms with van der Waals surface area (Å²) in [4.78, 5) is 19.3. The van der Waals surface area contributed by atoms with E-state index in [4.69, 9.17) is 19.4 Å². The van der Waals surface area contributed by atoms with Crippen LogP contribution >= 0.6 is 0 Å². The Morgan fingerprint density at radius 1 is 0.730 bits per heavy atom. The summed E-state index contributed by atoms with van der Waals surface area (Å²) in [7, 11) is 0. The molecule has 0 saturated heterocycles. The SMILES string of the molecule is CC(C)c1cc(-c2[c-]cccc2)nc[c]1[Ge]([CH3])([CH3])[CH3].Cc1ccc(C)c2c1oc1n[c-]c(-c3nc4cnc(C(C)C)cc4n3-c3ccc(-c4ccccc4)cc3C(C)(C)C)cc12.[Ir]. The number of nitrogens with zero attached hydrogens (tertiary/aromatic N) is 5. The van der Waals surface area contributed by atoms with Crippen molar-refractivity contribution in [2.75, 3.05) is 0 Å². The van der Waals surface area contributed by atoms with E-state index in [1.807, 2.05) is 24.4 Å². The summed E-state index contributed by atoms with van der Waals surface area (Å²) in [5.74, 6) is 8.90. The molecular weight excluding hydrogens is 1010 g/mol. The molecule has 0 atom stereocenters. The van der Waals surface area contributed by atoms with Crippen LogP contribution in [0.3, 0.4) is 0 Å². The second kappa shape index (κ2) is 18.1. The number of furan rings is 1. The van der Waals surface area contributed by atoms with E-state index in [1.165, 1.54) is 26.6 Å². The quantitative estimate of drug-likeness (QED) is 0.117. The maximum Gasteiger partial charge on any atom is 0.141 e. The minimum atomic E-state index is -1.85. The van der Waals surface area contributed by atoms with Gasteiger partial charge in [0.2, 0.25) is 0 Å². The Morgan fingerprint density at radius 2 is 1.46 bits per heavy atom. The Labute approximate surface area is 389 Å². The first kappa shape index (κ1) is 45.8. The van der Waals surface area contributed by atoms with E-state index in [-0.39, 0.29) is 31.4 Å². The molecule has 5 heterocycles. The molecule has 4 aromatic carbocycles. The van der Waals surface area contributed by atoms with Crippen molar-refractivity contribution in [2.45, 2.75) is 96.8 Å². The van der Waals surface area contributed by atoms with Crippen LogP contribution in [0.4, 0.5) is 0 Å². The Bertz CT molecular complexity index is 3060. The molecule has 9 aromatic rings. The van der Waals surface area contributed by atoms with Crippen LogP contribution in [0, 0.1) is 26.1 Å². The van der Waals surface area contributed by atoms with Crippen LogP contribution in [0.2, 0.25) is 17.3 Å². The molecule has 0 aliphatic carbocycles. The van der Waals surface area contributed by atoms with Crippen molar-refractivity contribution in [3.05, 3.63) is 156 Å². The zero-order valence-electron chi connectivity index (χ0n) is 38.6. The molecule has 9 rings (SSSR count). The normalized spacial score (nSPS) is 12.0. The minimum absolute atomic E-state index is 0. The maximum absolute atomic E-state index is 6.21. The van der Waals surface area contributed by atoms with Gasteiger partial charge in [-0.25, -0.2) is 0 Å². The van der Waals surface area contributed by atoms with Crippen molar-refractivity contribution in [1.29, 1.82) is 0 Å². The number of pyridine rings is 3. The molecule has 1 radical (unpaired) electrons. The molecule has 0 saturated carbocycles. The van der Waals surface area contributed by atoms with Gasteiger partial charge in [0.15, 0.2) is 0 Å². The summed E-state index contributed by atoms with van der Waals surface area (Å²) in [6.07, 6.45) is 7.30. The van der Waals surface area contributed by atoms with E-state index in [0.717, 1.165) is 72.5 Å². The van der Waals surface area contributed by atoms with Crippen molar-refractivity contribution >= 4 is 50.8 Å². The average Bonchev–Trinajstić information content (AvgIpc) is 3.84. The number of rotatable bonds is 7. The summed E-state index contributed by atoms with van der Waals surface area (Å²) < 4.78 is 10.0. The summed E-state index contributed by atoms with van der Waals surface area (Å²) in [5, 5.41) is 2.06. The fraction of sp³-hybridized carbons (Fsp3) is 0.273. The molecule has 0 spiro atoms. The van der Waals surface area contributed by atoms with Gasteiger partial charge in [-0.2, -0.15) is 0 Å². The van der Waals surface area contributed by atoms with Gasteiger partial charge < -0.3 is 14.0 Å². The van der Waals surface area contributed by atoms with Gasteiger partial charge >= 0.3 is 119 Å². The van der Waals surface area contributed by atoms with Gasteiger partial charge in [0.25, 0.3) is 0 Å². The fourth-order valence-corrected chi connectivity index (χ4v) is 11.8. The Balaban J connectivity index is 0.000000251. The van der Waals surface area contributed by atoms with Crippen molar-refractivity contribution < 1.29 is 24.5 Å². The third kappa shape index (κ3) is 9.25. The molecular formula is C55H57GeIrN5O-2. The van der Waals surface area contributed by atoms with Crippen LogP contribution in [0.15, 0.2) is 120 Å². The average molecular weight is 1070 g/mol. The first-order chi connectivity index (χ1) is 29.5. The first-order valence-corrected chi connectivity index (χ1v) is 29.1. The van der Waals surface area contributed by atoms with Gasteiger partial charge in [0.1, 0.15) is 11.3 Å². The molecule has 5 aromatic heterocycles. The summed E-state index contributed by atoms with van der Waals surface area (Å²) in [5.41, 5.74) is 15.6. The molecule has 0 N–H and O–H groups in total. The van der Waals surface area contributed by atoms with Crippen molar-refractivity contribution in [2.24, 2.45) is 0 Å². The molecule has 0 fully saturated rings. The van der Waals surface area contributed by atoms with E-state index < -0.39 is 13.3 Å². The number of hydrogen-bond donors (Lipinski definition) is 0. The molecule has 0 amide bonds. The summed E-state index contributed by atoms with van der Waals surface area (Å²) in [6, 6.07) is 39.4. The standard InChI is InChI=1S/C38H35N4O.C17H22GeN.Ir/c1-22(2)30-19-33-31(21-39-30)41-36(27-17-28-34-23(3)13-14-24(4)35(34)43-37(28)40-20-27)42(33)32-16-15-26(18-29(32)38(5,6)7)25-11-9-8-10-12-25;1-13(2)15-11-17(14-9-7-6-8-10-14)19-12-16(15)18(3,4)5;/h8-19,21-22H,1-7H3;6-9,11-13H,1-5H3;/q2*-1;. The molecule has 0 bridgehead atoms.